The van der Waals surface area contributed by atoms with E-state index >= 15 is 0 Å². The number of hydrogen-bond acceptors (Lipinski definition) is 4. The minimum absolute atomic E-state index is 0.638. The third kappa shape index (κ3) is 2.83. The van der Waals surface area contributed by atoms with Gasteiger partial charge in [0.1, 0.15) is 11.5 Å². The van der Waals surface area contributed by atoms with Crippen LogP contribution in [0.2, 0.25) is 0 Å². The van der Waals surface area contributed by atoms with Gasteiger partial charge in [-0.15, -0.1) is 0 Å². The van der Waals surface area contributed by atoms with Crippen LogP contribution in [0, 0.1) is 12.8 Å². The fraction of sp³-hybridized carbons (Fsp3) is 0.562. The monoisotopic (exact) mass is 289 g/mol. The van der Waals surface area contributed by atoms with Crippen molar-refractivity contribution in [2.75, 3.05) is 7.11 Å². The average molecular weight is 289 g/mol. The topological polar surface area (TPSA) is 52.2 Å². The maximum absolute atomic E-state index is 5.89. The highest BCUT2D eigenvalue weighted by atomic mass is 16.5. The first-order chi connectivity index (χ1) is 10.1. The summed E-state index contributed by atoms with van der Waals surface area (Å²) in [6.07, 6.45) is 1.26. The molecule has 114 valence electrons. The highest BCUT2D eigenvalue weighted by molar-refractivity contribution is 5.30. The third-order valence-corrected chi connectivity index (χ3v) is 4.24. The molecule has 0 aliphatic heterocycles. The Morgan fingerprint density at radius 2 is 2.19 bits per heavy atom. The Morgan fingerprint density at radius 3 is 2.86 bits per heavy atom. The van der Waals surface area contributed by atoms with Crippen LogP contribution in [-0.4, -0.2) is 16.9 Å². The number of nitrogens with zero attached hydrogens (tertiary/aromatic N) is 2. The van der Waals surface area contributed by atoms with Crippen LogP contribution in [0.4, 0.5) is 0 Å². The molecule has 2 heterocycles. The van der Waals surface area contributed by atoms with Crippen LogP contribution < -0.4 is 10.1 Å². The van der Waals surface area contributed by atoms with Crippen LogP contribution in [-0.2, 0) is 20.1 Å². The SMILES string of the molecule is COc1c(CNCc2ccc([C@@H]3C[C@@H]3C)o2)c(C)nn1C. The number of rotatable bonds is 6. The van der Waals surface area contributed by atoms with Crippen molar-refractivity contribution in [3.8, 4) is 5.88 Å². The van der Waals surface area contributed by atoms with Gasteiger partial charge in [0.25, 0.3) is 0 Å². The molecule has 1 fully saturated rings. The van der Waals surface area contributed by atoms with Crippen molar-refractivity contribution >= 4 is 0 Å². The molecule has 2 aromatic rings. The number of aromatic nitrogens is 2. The van der Waals surface area contributed by atoms with E-state index in [2.05, 4.69) is 29.5 Å². The molecule has 1 saturated carbocycles. The molecule has 0 amide bonds. The second kappa shape index (κ2) is 5.56. The van der Waals surface area contributed by atoms with Gasteiger partial charge < -0.3 is 14.5 Å². The number of furan rings is 1. The van der Waals surface area contributed by atoms with Gasteiger partial charge in [-0.25, -0.2) is 4.68 Å². The summed E-state index contributed by atoms with van der Waals surface area (Å²) in [6, 6.07) is 4.18. The van der Waals surface area contributed by atoms with Crippen LogP contribution in [0.25, 0.3) is 0 Å². The number of hydrogen-bond donors (Lipinski definition) is 1. The van der Waals surface area contributed by atoms with Crippen molar-refractivity contribution in [1.82, 2.24) is 15.1 Å². The summed E-state index contributed by atoms with van der Waals surface area (Å²) in [4.78, 5) is 0. The maximum atomic E-state index is 5.89. The molecule has 3 rings (SSSR count). The number of nitrogens with one attached hydrogen (secondary N) is 1. The molecule has 0 radical (unpaired) electrons. The molecule has 5 nitrogen and oxygen atoms in total. The van der Waals surface area contributed by atoms with Gasteiger partial charge in [-0.3, -0.25) is 0 Å². The Morgan fingerprint density at radius 1 is 1.43 bits per heavy atom. The fourth-order valence-electron chi connectivity index (χ4n) is 2.86. The van der Waals surface area contributed by atoms with E-state index in [1.54, 1.807) is 11.8 Å². The number of ether oxygens (including phenoxy) is 1. The molecule has 0 saturated heterocycles. The van der Waals surface area contributed by atoms with Crippen molar-refractivity contribution < 1.29 is 9.15 Å². The zero-order valence-electron chi connectivity index (χ0n) is 13.1. The molecule has 2 atom stereocenters. The summed E-state index contributed by atoms with van der Waals surface area (Å²) >= 11 is 0. The fourth-order valence-corrected chi connectivity index (χ4v) is 2.86. The van der Waals surface area contributed by atoms with Crippen molar-refractivity contribution in [2.24, 2.45) is 13.0 Å². The van der Waals surface area contributed by atoms with E-state index in [9.17, 15) is 0 Å². The molecular weight excluding hydrogens is 266 g/mol. The van der Waals surface area contributed by atoms with Gasteiger partial charge in [0.05, 0.1) is 24.9 Å². The zero-order valence-corrected chi connectivity index (χ0v) is 13.1. The Kier molecular flexibility index (Phi) is 3.76. The van der Waals surface area contributed by atoms with Crippen LogP contribution in [0.5, 0.6) is 5.88 Å². The van der Waals surface area contributed by atoms with Crippen LogP contribution >= 0.6 is 0 Å². The number of aryl methyl sites for hydroxylation is 2. The highest BCUT2D eigenvalue weighted by Gasteiger charge is 2.36. The Labute approximate surface area is 125 Å². The molecule has 1 aliphatic rings. The Hall–Kier alpha value is -1.75. The zero-order chi connectivity index (χ0) is 15.0. The predicted octanol–water partition coefficient (Wildman–Crippen LogP) is 2.74. The first-order valence-electron chi connectivity index (χ1n) is 7.46. The molecule has 0 aromatic carbocycles. The minimum Gasteiger partial charge on any atom is -0.481 e. The van der Waals surface area contributed by atoms with E-state index in [1.165, 1.54) is 6.42 Å². The van der Waals surface area contributed by atoms with E-state index < -0.39 is 0 Å². The van der Waals surface area contributed by atoms with Crippen LogP contribution in [0.3, 0.4) is 0 Å². The molecule has 5 heteroatoms. The highest BCUT2D eigenvalue weighted by Crippen LogP contribution is 2.47. The maximum Gasteiger partial charge on any atom is 0.216 e. The lowest BCUT2D eigenvalue weighted by atomic mass is 10.2. The summed E-state index contributed by atoms with van der Waals surface area (Å²) in [5.74, 6) is 4.35. The second-order valence-electron chi connectivity index (χ2n) is 5.92. The summed E-state index contributed by atoms with van der Waals surface area (Å²) in [6.45, 7) is 5.71. The van der Waals surface area contributed by atoms with Gasteiger partial charge >= 0.3 is 0 Å². The van der Waals surface area contributed by atoms with E-state index in [0.29, 0.717) is 5.92 Å². The van der Waals surface area contributed by atoms with Crippen LogP contribution in [0.15, 0.2) is 16.5 Å². The Balaban J connectivity index is 1.57. The van der Waals surface area contributed by atoms with Gasteiger partial charge in [-0.1, -0.05) is 6.92 Å². The molecule has 0 bridgehead atoms. The van der Waals surface area contributed by atoms with E-state index in [-0.39, 0.29) is 0 Å². The largest absolute Gasteiger partial charge is 0.481 e. The molecule has 2 aromatic heterocycles. The van der Waals surface area contributed by atoms with Gasteiger partial charge in [0, 0.05) is 19.5 Å². The summed E-state index contributed by atoms with van der Waals surface area (Å²) < 4.78 is 13.1. The van der Waals surface area contributed by atoms with Crippen LogP contribution in [0.1, 0.15) is 42.0 Å². The third-order valence-electron chi connectivity index (χ3n) is 4.24. The van der Waals surface area contributed by atoms with Gasteiger partial charge in [0.2, 0.25) is 5.88 Å². The molecular formula is C16H23N3O2. The Bertz CT molecular complexity index is 630. The molecule has 0 unspecified atom stereocenters. The summed E-state index contributed by atoms with van der Waals surface area (Å²) in [5.41, 5.74) is 2.09. The van der Waals surface area contributed by atoms with E-state index in [1.807, 2.05) is 14.0 Å². The summed E-state index contributed by atoms with van der Waals surface area (Å²) in [5, 5.41) is 7.78. The van der Waals surface area contributed by atoms with Gasteiger partial charge in [-0.05, 0) is 31.4 Å². The number of methoxy groups -OCH3 is 1. The standard InChI is InChI=1S/C16H23N3O2/c1-10-7-13(10)15-6-5-12(21-15)8-17-9-14-11(2)18-19(3)16(14)20-4/h5-6,10,13,17H,7-9H2,1-4H3/t10-,13+/m0/s1. The first-order valence-corrected chi connectivity index (χ1v) is 7.46. The van der Waals surface area contributed by atoms with Crippen molar-refractivity contribution in [3.05, 3.63) is 34.9 Å². The van der Waals surface area contributed by atoms with Crippen molar-refractivity contribution in [2.45, 2.75) is 39.3 Å². The quantitative estimate of drug-likeness (QED) is 0.888. The normalized spacial score (nSPS) is 20.8. The van der Waals surface area contributed by atoms with Crippen molar-refractivity contribution in [3.63, 3.8) is 0 Å². The lowest BCUT2D eigenvalue weighted by Gasteiger charge is -2.06. The second-order valence-corrected chi connectivity index (χ2v) is 5.92. The lowest BCUT2D eigenvalue weighted by Crippen LogP contribution is -2.13. The van der Waals surface area contributed by atoms with E-state index in [4.69, 9.17) is 9.15 Å². The van der Waals surface area contributed by atoms with E-state index in [0.717, 1.165) is 47.7 Å². The van der Waals surface area contributed by atoms with Crippen molar-refractivity contribution in [1.29, 1.82) is 0 Å². The average Bonchev–Trinajstić information content (AvgIpc) is 2.89. The molecule has 1 aliphatic carbocycles. The first kappa shape index (κ1) is 14.2. The predicted molar refractivity (Wildman–Crippen MR) is 80.3 cm³/mol. The summed E-state index contributed by atoms with van der Waals surface area (Å²) in [7, 11) is 3.57. The minimum atomic E-state index is 0.638. The lowest BCUT2D eigenvalue weighted by molar-refractivity contribution is 0.367. The smallest absolute Gasteiger partial charge is 0.216 e. The molecule has 0 spiro atoms. The van der Waals surface area contributed by atoms with Gasteiger partial charge in [-0.2, -0.15) is 5.10 Å². The molecule has 1 N–H and O–H groups in total. The van der Waals surface area contributed by atoms with Gasteiger partial charge in [0.15, 0.2) is 0 Å². The molecule has 21 heavy (non-hydrogen) atoms.